The van der Waals surface area contributed by atoms with Gasteiger partial charge in [-0.25, -0.2) is 0 Å². The number of rotatable bonds is 4. The fourth-order valence-electron chi connectivity index (χ4n) is 2.00. The minimum Gasteiger partial charge on any atom is -0.480 e. The van der Waals surface area contributed by atoms with Crippen molar-refractivity contribution in [1.82, 2.24) is 4.90 Å². The Balaban J connectivity index is 2.10. The number of carbonyl (C=O) groups excluding carboxylic acids is 1. The smallest absolute Gasteiger partial charge is 0.263 e. The van der Waals surface area contributed by atoms with Gasteiger partial charge in [-0.1, -0.05) is 18.2 Å². The molecule has 92 valence electrons. The van der Waals surface area contributed by atoms with Crippen LogP contribution in [0.1, 0.15) is 12.0 Å². The Morgan fingerprint density at radius 1 is 1.47 bits per heavy atom. The second-order valence-corrected chi connectivity index (χ2v) is 4.24. The van der Waals surface area contributed by atoms with Crippen LogP contribution in [-0.4, -0.2) is 42.2 Å². The molecule has 1 fully saturated rings. The number of likely N-dealkylation sites (N-methyl/N-ethyl adjacent to an activating group) is 1. The quantitative estimate of drug-likeness (QED) is 0.841. The van der Waals surface area contributed by atoms with Gasteiger partial charge < -0.3 is 14.7 Å². The van der Waals surface area contributed by atoms with Crippen LogP contribution < -0.4 is 4.74 Å². The highest BCUT2D eigenvalue weighted by atomic mass is 16.5. The predicted molar refractivity (Wildman–Crippen MR) is 63.9 cm³/mol. The lowest BCUT2D eigenvalue weighted by molar-refractivity contribution is -0.132. The number of hydrogen-bond donors (Lipinski definition) is 1. The minimum absolute atomic E-state index is 0.0313. The molecule has 1 atom stereocenters. The zero-order chi connectivity index (χ0) is 12.3. The van der Waals surface area contributed by atoms with Gasteiger partial charge >= 0.3 is 0 Å². The van der Waals surface area contributed by atoms with Gasteiger partial charge in [0.2, 0.25) is 0 Å². The summed E-state index contributed by atoms with van der Waals surface area (Å²) >= 11 is 0. The molecule has 0 bridgehead atoms. The van der Waals surface area contributed by atoms with Crippen LogP contribution in [0.4, 0.5) is 0 Å². The summed E-state index contributed by atoms with van der Waals surface area (Å²) in [7, 11) is 1.78. The number of hydrogen-bond acceptors (Lipinski definition) is 3. The third-order valence-electron chi connectivity index (χ3n) is 3.00. The molecule has 0 aliphatic carbocycles. The van der Waals surface area contributed by atoms with E-state index >= 15 is 0 Å². The normalized spacial score (nSPS) is 19.8. The third kappa shape index (κ3) is 2.58. The molecule has 2 rings (SSSR count). The van der Waals surface area contributed by atoms with Crippen molar-refractivity contribution >= 4 is 5.91 Å². The molecule has 1 unspecified atom stereocenters. The van der Waals surface area contributed by atoms with Crippen LogP contribution >= 0.6 is 0 Å². The molecule has 1 N–H and O–H groups in total. The van der Waals surface area contributed by atoms with E-state index in [9.17, 15) is 4.79 Å². The number of para-hydroxylation sites is 1. The fraction of sp³-hybridized carbons (Fsp3) is 0.462. The van der Waals surface area contributed by atoms with Crippen LogP contribution in [0.2, 0.25) is 0 Å². The molecule has 0 spiro atoms. The molecule has 1 aliphatic heterocycles. The van der Waals surface area contributed by atoms with E-state index in [1.54, 1.807) is 11.9 Å². The van der Waals surface area contributed by atoms with Gasteiger partial charge in [-0.2, -0.15) is 0 Å². The van der Waals surface area contributed by atoms with Crippen LogP contribution in [0.5, 0.6) is 5.75 Å². The molecule has 17 heavy (non-hydrogen) atoms. The number of carbonyl (C=O) groups is 1. The maximum absolute atomic E-state index is 11.7. The van der Waals surface area contributed by atoms with Crippen molar-refractivity contribution in [3.63, 3.8) is 0 Å². The van der Waals surface area contributed by atoms with E-state index in [0.717, 1.165) is 18.5 Å². The van der Waals surface area contributed by atoms with Crippen LogP contribution in [0, 0.1) is 0 Å². The van der Waals surface area contributed by atoms with Gasteiger partial charge in [-0.15, -0.1) is 0 Å². The standard InChI is InChI=1S/C13H17NO3/c1-14-8-6-12(13(14)16)17-11-5-3-2-4-10(11)7-9-15/h2-5,12,15H,6-9H2,1H3. The SMILES string of the molecule is CN1CCC(Oc2ccccc2CCO)C1=O. The van der Waals surface area contributed by atoms with E-state index in [2.05, 4.69) is 0 Å². The first-order valence-corrected chi connectivity index (χ1v) is 5.83. The van der Waals surface area contributed by atoms with E-state index in [0.29, 0.717) is 12.2 Å². The Kier molecular flexibility index (Phi) is 3.64. The molecule has 1 heterocycles. The molecule has 1 aliphatic rings. The van der Waals surface area contributed by atoms with Crippen molar-refractivity contribution in [2.75, 3.05) is 20.2 Å². The van der Waals surface area contributed by atoms with E-state index < -0.39 is 0 Å². The lowest BCUT2D eigenvalue weighted by Crippen LogP contribution is -2.29. The average Bonchev–Trinajstić information content (AvgIpc) is 2.64. The molecular formula is C13H17NO3. The summed E-state index contributed by atoms with van der Waals surface area (Å²) in [5, 5.41) is 8.97. The molecular weight excluding hydrogens is 218 g/mol. The van der Waals surface area contributed by atoms with E-state index in [1.807, 2.05) is 24.3 Å². The van der Waals surface area contributed by atoms with Gasteiger partial charge in [0, 0.05) is 26.6 Å². The van der Waals surface area contributed by atoms with Crippen molar-refractivity contribution in [3.05, 3.63) is 29.8 Å². The van der Waals surface area contributed by atoms with Crippen LogP contribution in [0.25, 0.3) is 0 Å². The topological polar surface area (TPSA) is 49.8 Å². The summed E-state index contributed by atoms with van der Waals surface area (Å²) in [6.07, 6.45) is 0.898. The first kappa shape index (κ1) is 11.9. The summed E-state index contributed by atoms with van der Waals surface area (Å²) in [5.74, 6) is 0.735. The van der Waals surface area contributed by atoms with Gasteiger partial charge in [0.25, 0.3) is 5.91 Å². The summed E-state index contributed by atoms with van der Waals surface area (Å²) in [6, 6.07) is 7.53. The van der Waals surface area contributed by atoms with E-state index in [-0.39, 0.29) is 18.6 Å². The average molecular weight is 235 g/mol. The van der Waals surface area contributed by atoms with Crippen LogP contribution in [-0.2, 0) is 11.2 Å². The Morgan fingerprint density at radius 3 is 2.88 bits per heavy atom. The predicted octanol–water partition coefficient (Wildman–Crippen LogP) is 0.831. The van der Waals surface area contributed by atoms with Crippen molar-refractivity contribution in [2.24, 2.45) is 0 Å². The molecule has 1 saturated heterocycles. The third-order valence-corrected chi connectivity index (χ3v) is 3.00. The Labute approximate surface area is 101 Å². The van der Waals surface area contributed by atoms with Gasteiger partial charge in [0.1, 0.15) is 5.75 Å². The van der Waals surface area contributed by atoms with Crippen molar-refractivity contribution < 1.29 is 14.6 Å². The number of likely N-dealkylation sites (tertiary alicyclic amines) is 1. The molecule has 4 heteroatoms. The molecule has 0 radical (unpaired) electrons. The van der Waals surface area contributed by atoms with Crippen molar-refractivity contribution in [1.29, 1.82) is 0 Å². The number of aliphatic hydroxyl groups is 1. The van der Waals surface area contributed by atoms with E-state index in [1.165, 1.54) is 0 Å². The minimum atomic E-state index is -0.375. The highest BCUT2D eigenvalue weighted by Crippen LogP contribution is 2.23. The summed E-state index contributed by atoms with van der Waals surface area (Å²) in [4.78, 5) is 13.4. The van der Waals surface area contributed by atoms with Gasteiger partial charge in [-0.05, 0) is 18.1 Å². The summed E-state index contributed by atoms with van der Waals surface area (Å²) in [5.41, 5.74) is 0.942. The second kappa shape index (κ2) is 5.19. The number of amides is 1. The van der Waals surface area contributed by atoms with Crippen LogP contribution in [0.3, 0.4) is 0 Å². The molecule has 1 aromatic rings. The van der Waals surface area contributed by atoms with Crippen molar-refractivity contribution in [2.45, 2.75) is 18.9 Å². The number of ether oxygens (including phenoxy) is 1. The zero-order valence-electron chi connectivity index (χ0n) is 9.93. The first-order valence-electron chi connectivity index (χ1n) is 5.83. The van der Waals surface area contributed by atoms with Gasteiger partial charge in [0.05, 0.1) is 0 Å². The molecule has 1 amide bonds. The van der Waals surface area contributed by atoms with E-state index in [4.69, 9.17) is 9.84 Å². The lowest BCUT2D eigenvalue weighted by Gasteiger charge is -2.15. The Hall–Kier alpha value is -1.55. The molecule has 1 aromatic carbocycles. The molecule has 0 aromatic heterocycles. The fourth-order valence-corrected chi connectivity index (χ4v) is 2.00. The summed E-state index contributed by atoms with van der Waals surface area (Å²) in [6.45, 7) is 0.824. The Bertz CT molecular complexity index is 405. The molecule has 4 nitrogen and oxygen atoms in total. The summed E-state index contributed by atoms with van der Waals surface area (Å²) < 4.78 is 5.74. The van der Waals surface area contributed by atoms with Crippen molar-refractivity contribution in [3.8, 4) is 5.75 Å². The first-order chi connectivity index (χ1) is 8.22. The number of nitrogens with zero attached hydrogens (tertiary/aromatic N) is 1. The monoisotopic (exact) mass is 235 g/mol. The lowest BCUT2D eigenvalue weighted by atomic mass is 10.1. The number of aliphatic hydroxyl groups excluding tert-OH is 1. The highest BCUT2D eigenvalue weighted by molar-refractivity contribution is 5.83. The van der Waals surface area contributed by atoms with Crippen LogP contribution in [0.15, 0.2) is 24.3 Å². The zero-order valence-corrected chi connectivity index (χ0v) is 9.93. The molecule has 0 saturated carbocycles. The largest absolute Gasteiger partial charge is 0.480 e. The second-order valence-electron chi connectivity index (χ2n) is 4.24. The maximum Gasteiger partial charge on any atom is 0.263 e. The highest BCUT2D eigenvalue weighted by Gasteiger charge is 2.31. The van der Waals surface area contributed by atoms with Gasteiger partial charge in [0.15, 0.2) is 6.10 Å². The number of benzene rings is 1. The van der Waals surface area contributed by atoms with Gasteiger partial charge in [-0.3, -0.25) is 4.79 Å². The maximum atomic E-state index is 11.7. The Morgan fingerprint density at radius 2 is 2.24 bits per heavy atom.